The summed E-state index contributed by atoms with van der Waals surface area (Å²) < 4.78 is 27.4. The number of carbonyl (C=O) groups is 1. The van der Waals surface area contributed by atoms with Gasteiger partial charge in [-0.15, -0.1) is 0 Å². The first-order valence-electron chi connectivity index (χ1n) is 9.36. The minimum Gasteiger partial charge on any atom is -0.299 e. The Bertz CT molecular complexity index is 1010. The Morgan fingerprint density at radius 3 is 2.71 bits per heavy atom. The third kappa shape index (κ3) is 4.20. The van der Waals surface area contributed by atoms with Crippen molar-refractivity contribution in [2.45, 2.75) is 26.3 Å². The van der Waals surface area contributed by atoms with Gasteiger partial charge in [0.05, 0.1) is 10.2 Å². The molecule has 1 aromatic heterocycles. The fourth-order valence-corrected chi connectivity index (χ4v) is 4.33. The molecule has 1 aliphatic heterocycles. The average molecular weight is 401 g/mol. The highest BCUT2D eigenvalue weighted by atomic mass is 32.1. The van der Waals surface area contributed by atoms with Crippen molar-refractivity contribution in [3.05, 3.63) is 59.2 Å². The predicted molar refractivity (Wildman–Crippen MR) is 108 cm³/mol. The molecule has 28 heavy (non-hydrogen) atoms. The Hall–Kier alpha value is -2.38. The smallest absolute Gasteiger partial charge is 0.257 e. The van der Waals surface area contributed by atoms with Crippen LogP contribution < -0.4 is 5.32 Å². The summed E-state index contributed by atoms with van der Waals surface area (Å²) in [4.78, 5) is 19.2. The van der Waals surface area contributed by atoms with Gasteiger partial charge in [0, 0.05) is 12.1 Å². The minimum atomic E-state index is -1.05. The molecular weight excluding hydrogens is 380 g/mol. The molecule has 4 nitrogen and oxygen atoms in total. The molecule has 0 radical (unpaired) electrons. The van der Waals surface area contributed by atoms with E-state index >= 15 is 0 Å². The Labute approximate surface area is 166 Å². The number of amides is 1. The van der Waals surface area contributed by atoms with Crippen LogP contribution in [-0.2, 0) is 6.54 Å². The van der Waals surface area contributed by atoms with Crippen molar-refractivity contribution < 1.29 is 13.6 Å². The van der Waals surface area contributed by atoms with E-state index in [2.05, 4.69) is 34.3 Å². The van der Waals surface area contributed by atoms with Crippen molar-refractivity contribution >= 4 is 32.6 Å². The third-order valence-corrected chi connectivity index (χ3v) is 6.07. The number of nitrogens with zero attached hydrogens (tertiary/aromatic N) is 2. The number of piperidine rings is 1. The van der Waals surface area contributed by atoms with Crippen LogP contribution in [0.3, 0.4) is 0 Å². The molecule has 1 amide bonds. The summed E-state index contributed by atoms with van der Waals surface area (Å²) in [5.74, 6) is -1.73. The fraction of sp³-hybridized carbons (Fsp3) is 0.333. The summed E-state index contributed by atoms with van der Waals surface area (Å²) in [6, 6.07) is 9.21. The Morgan fingerprint density at radius 2 is 1.96 bits per heavy atom. The molecule has 4 rings (SSSR count). The summed E-state index contributed by atoms with van der Waals surface area (Å²) >= 11 is 1.37. The van der Waals surface area contributed by atoms with Gasteiger partial charge in [0.1, 0.15) is 0 Å². The number of thiazole rings is 1. The van der Waals surface area contributed by atoms with E-state index in [9.17, 15) is 13.6 Å². The minimum absolute atomic E-state index is 0.0539. The van der Waals surface area contributed by atoms with Gasteiger partial charge in [-0.05, 0) is 67.7 Å². The van der Waals surface area contributed by atoms with Gasteiger partial charge in [0.2, 0.25) is 0 Å². The van der Waals surface area contributed by atoms with Crippen LogP contribution in [0.5, 0.6) is 0 Å². The molecule has 0 saturated carbocycles. The molecule has 2 heterocycles. The van der Waals surface area contributed by atoms with E-state index in [0.29, 0.717) is 5.13 Å². The number of hydrogen-bond donors (Lipinski definition) is 1. The van der Waals surface area contributed by atoms with Crippen LogP contribution in [0.1, 0.15) is 35.7 Å². The van der Waals surface area contributed by atoms with E-state index in [4.69, 9.17) is 0 Å². The number of hydrogen-bond acceptors (Lipinski definition) is 4. The molecule has 3 aromatic rings. The van der Waals surface area contributed by atoms with E-state index in [1.54, 1.807) is 0 Å². The Kier molecular flexibility index (Phi) is 5.37. The second kappa shape index (κ2) is 7.93. The number of benzene rings is 2. The number of anilines is 1. The highest BCUT2D eigenvalue weighted by Gasteiger charge is 2.16. The maximum Gasteiger partial charge on any atom is 0.257 e. The zero-order valence-corrected chi connectivity index (χ0v) is 16.4. The fourth-order valence-electron chi connectivity index (χ4n) is 3.41. The van der Waals surface area contributed by atoms with Gasteiger partial charge >= 0.3 is 0 Å². The largest absolute Gasteiger partial charge is 0.299 e. The first-order chi connectivity index (χ1) is 13.5. The van der Waals surface area contributed by atoms with Gasteiger partial charge in [0.25, 0.3) is 5.91 Å². The van der Waals surface area contributed by atoms with Gasteiger partial charge in [0.15, 0.2) is 16.8 Å². The maximum absolute atomic E-state index is 13.3. The van der Waals surface area contributed by atoms with Crippen LogP contribution in [0.15, 0.2) is 36.4 Å². The number of fused-ring (bicyclic) bond motifs is 1. The second-order valence-electron chi connectivity index (χ2n) is 7.36. The number of aromatic nitrogens is 1. The van der Waals surface area contributed by atoms with Crippen molar-refractivity contribution in [2.24, 2.45) is 5.92 Å². The van der Waals surface area contributed by atoms with Crippen LogP contribution >= 0.6 is 11.3 Å². The van der Waals surface area contributed by atoms with E-state index in [0.717, 1.165) is 47.9 Å². The number of likely N-dealkylation sites (tertiary alicyclic amines) is 1. The molecule has 0 unspecified atom stereocenters. The third-order valence-electron chi connectivity index (χ3n) is 5.14. The standard InChI is InChI=1S/C21H21F2N3OS/c1-13-6-8-26(9-7-13)12-14-2-5-18-19(10-14)28-21(24-18)25-20(27)15-3-4-16(22)17(23)11-15/h2-5,10-11,13H,6-9,12H2,1H3,(H,24,25,27). The topological polar surface area (TPSA) is 45.2 Å². The lowest BCUT2D eigenvalue weighted by atomic mass is 9.99. The molecule has 1 saturated heterocycles. The van der Waals surface area contributed by atoms with Gasteiger partial charge in [-0.3, -0.25) is 15.0 Å². The lowest BCUT2D eigenvalue weighted by Gasteiger charge is -2.30. The highest BCUT2D eigenvalue weighted by Crippen LogP contribution is 2.28. The number of rotatable bonds is 4. The quantitative estimate of drug-likeness (QED) is 0.665. The summed E-state index contributed by atoms with van der Waals surface area (Å²) in [5, 5.41) is 3.11. The van der Waals surface area contributed by atoms with E-state index in [-0.39, 0.29) is 5.56 Å². The molecule has 1 N–H and O–H groups in total. The molecule has 0 bridgehead atoms. The molecule has 2 aromatic carbocycles. The molecule has 0 spiro atoms. The Balaban J connectivity index is 1.46. The van der Waals surface area contributed by atoms with E-state index in [1.165, 1.54) is 35.8 Å². The van der Waals surface area contributed by atoms with Crippen molar-refractivity contribution in [3.8, 4) is 0 Å². The van der Waals surface area contributed by atoms with Crippen LogP contribution in [0, 0.1) is 17.6 Å². The molecule has 1 fully saturated rings. The first kappa shape index (κ1) is 19.0. The molecule has 1 aliphatic rings. The maximum atomic E-state index is 13.3. The van der Waals surface area contributed by atoms with Gasteiger partial charge in [-0.1, -0.05) is 24.3 Å². The lowest BCUT2D eigenvalue weighted by molar-refractivity contribution is 0.102. The summed E-state index contributed by atoms with van der Waals surface area (Å²) in [6.45, 7) is 5.46. The van der Waals surface area contributed by atoms with Crippen LogP contribution in [0.4, 0.5) is 13.9 Å². The number of halogens is 2. The summed E-state index contributed by atoms with van der Waals surface area (Å²) in [7, 11) is 0. The zero-order chi connectivity index (χ0) is 19.7. The van der Waals surface area contributed by atoms with Gasteiger partial charge < -0.3 is 0 Å². The lowest BCUT2D eigenvalue weighted by Crippen LogP contribution is -2.32. The monoisotopic (exact) mass is 401 g/mol. The van der Waals surface area contributed by atoms with Crippen LogP contribution in [0.25, 0.3) is 10.2 Å². The molecular formula is C21H21F2N3OS. The molecule has 0 atom stereocenters. The van der Waals surface area contributed by atoms with Crippen molar-refractivity contribution in [1.29, 1.82) is 0 Å². The molecule has 7 heteroatoms. The van der Waals surface area contributed by atoms with E-state index < -0.39 is 17.5 Å². The van der Waals surface area contributed by atoms with Crippen LogP contribution in [0.2, 0.25) is 0 Å². The average Bonchev–Trinajstić information content (AvgIpc) is 3.07. The van der Waals surface area contributed by atoms with E-state index in [1.807, 2.05) is 6.07 Å². The van der Waals surface area contributed by atoms with Crippen molar-refractivity contribution in [2.75, 3.05) is 18.4 Å². The van der Waals surface area contributed by atoms with Gasteiger partial charge in [-0.2, -0.15) is 0 Å². The van der Waals surface area contributed by atoms with Crippen molar-refractivity contribution in [3.63, 3.8) is 0 Å². The number of carbonyl (C=O) groups excluding carboxylic acids is 1. The van der Waals surface area contributed by atoms with Crippen molar-refractivity contribution in [1.82, 2.24) is 9.88 Å². The highest BCUT2D eigenvalue weighted by molar-refractivity contribution is 7.22. The normalized spacial score (nSPS) is 15.8. The van der Waals surface area contributed by atoms with Gasteiger partial charge in [-0.25, -0.2) is 13.8 Å². The van der Waals surface area contributed by atoms with Crippen LogP contribution in [-0.4, -0.2) is 28.9 Å². The molecule has 0 aliphatic carbocycles. The predicted octanol–water partition coefficient (Wildman–Crippen LogP) is 5.06. The second-order valence-corrected chi connectivity index (χ2v) is 8.39. The molecule has 146 valence electrons. The summed E-state index contributed by atoms with van der Waals surface area (Å²) in [5.41, 5.74) is 2.09. The SMILES string of the molecule is CC1CCN(Cc2ccc3nc(NC(=O)c4ccc(F)c(F)c4)sc3c2)CC1. The zero-order valence-electron chi connectivity index (χ0n) is 15.5. The first-order valence-corrected chi connectivity index (χ1v) is 10.2. The number of nitrogens with one attached hydrogen (secondary N) is 1. The Morgan fingerprint density at radius 1 is 1.18 bits per heavy atom. The summed E-state index contributed by atoms with van der Waals surface area (Å²) in [6.07, 6.45) is 2.48.